The Balaban J connectivity index is 2.77. The number of carbonyl (C=O) groups excluding carboxylic acids is 2. The van der Waals surface area contributed by atoms with Crippen molar-refractivity contribution in [3.05, 3.63) is 35.4 Å². The zero-order valence-electron chi connectivity index (χ0n) is 14.6. The van der Waals surface area contributed by atoms with Gasteiger partial charge in [-0.3, -0.25) is 4.79 Å². The van der Waals surface area contributed by atoms with E-state index in [1.54, 1.807) is 20.1 Å². The fourth-order valence-electron chi connectivity index (χ4n) is 2.49. The average Bonchev–Trinajstić information content (AvgIpc) is 2.53. The molecular formula is C19H22O5. The van der Waals surface area contributed by atoms with Crippen LogP contribution in [0.3, 0.4) is 0 Å². The van der Waals surface area contributed by atoms with E-state index >= 15 is 0 Å². The van der Waals surface area contributed by atoms with Gasteiger partial charge in [0.2, 0.25) is 0 Å². The molecule has 0 atom stereocenters. The minimum absolute atomic E-state index is 0.267. The van der Waals surface area contributed by atoms with Crippen LogP contribution in [-0.4, -0.2) is 25.7 Å². The summed E-state index contributed by atoms with van der Waals surface area (Å²) in [4.78, 5) is 23.6. The maximum Gasteiger partial charge on any atom is 0.338 e. The Hall–Kier alpha value is -2.56. The highest BCUT2D eigenvalue weighted by molar-refractivity contribution is 6.01. The molecule has 0 aliphatic carbocycles. The maximum absolute atomic E-state index is 12.1. The highest BCUT2D eigenvalue weighted by atomic mass is 16.5. The standard InChI is InChI=1S/C19H22O5/c1-6-23-19(21)14-8-15-16(18(10-14)24-12(4)20)7-13(11(2)3)9-17(15)22-5/h7-11H,6H2,1-5H3. The number of methoxy groups -OCH3 is 1. The number of rotatable bonds is 5. The zero-order chi connectivity index (χ0) is 17.9. The van der Waals surface area contributed by atoms with Gasteiger partial charge in [-0.15, -0.1) is 0 Å². The molecule has 0 saturated heterocycles. The lowest BCUT2D eigenvalue weighted by atomic mass is 9.96. The number of fused-ring (bicyclic) bond motifs is 1. The third-order valence-electron chi connectivity index (χ3n) is 3.67. The summed E-state index contributed by atoms with van der Waals surface area (Å²) in [6.07, 6.45) is 0. The molecule has 5 nitrogen and oxygen atoms in total. The van der Waals surface area contributed by atoms with E-state index in [4.69, 9.17) is 14.2 Å². The fraction of sp³-hybridized carbons (Fsp3) is 0.368. The Morgan fingerprint density at radius 1 is 1.04 bits per heavy atom. The Bertz CT molecular complexity index is 777. The van der Waals surface area contributed by atoms with Gasteiger partial charge in [-0.1, -0.05) is 13.8 Å². The van der Waals surface area contributed by atoms with Gasteiger partial charge in [0.25, 0.3) is 0 Å². The molecule has 0 spiro atoms. The molecule has 0 aromatic heterocycles. The Kier molecular flexibility index (Phi) is 5.44. The minimum Gasteiger partial charge on any atom is -0.496 e. The van der Waals surface area contributed by atoms with Crippen molar-refractivity contribution in [2.75, 3.05) is 13.7 Å². The average molecular weight is 330 g/mol. The lowest BCUT2D eigenvalue weighted by Gasteiger charge is -2.15. The van der Waals surface area contributed by atoms with Gasteiger partial charge in [0, 0.05) is 17.7 Å². The Morgan fingerprint density at radius 3 is 2.25 bits per heavy atom. The van der Waals surface area contributed by atoms with Crippen molar-refractivity contribution in [3.63, 3.8) is 0 Å². The SMILES string of the molecule is CCOC(=O)c1cc(OC(C)=O)c2cc(C(C)C)cc(OC)c2c1. The van der Waals surface area contributed by atoms with Crippen molar-refractivity contribution in [1.29, 1.82) is 0 Å². The van der Waals surface area contributed by atoms with Gasteiger partial charge in [0.1, 0.15) is 11.5 Å². The molecule has 0 bridgehead atoms. The van der Waals surface area contributed by atoms with Gasteiger partial charge in [-0.25, -0.2) is 4.79 Å². The lowest BCUT2D eigenvalue weighted by molar-refractivity contribution is -0.131. The van der Waals surface area contributed by atoms with E-state index in [1.165, 1.54) is 13.0 Å². The van der Waals surface area contributed by atoms with Gasteiger partial charge in [-0.2, -0.15) is 0 Å². The molecular weight excluding hydrogens is 308 g/mol. The molecule has 2 aromatic rings. The molecule has 0 N–H and O–H groups in total. The predicted molar refractivity (Wildman–Crippen MR) is 91.9 cm³/mol. The number of esters is 2. The molecule has 0 amide bonds. The van der Waals surface area contributed by atoms with Gasteiger partial charge in [0.05, 0.1) is 19.3 Å². The van der Waals surface area contributed by atoms with E-state index in [0.717, 1.165) is 10.9 Å². The molecule has 0 radical (unpaired) electrons. The summed E-state index contributed by atoms with van der Waals surface area (Å²) in [7, 11) is 1.57. The maximum atomic E-state index is 12.1. The molecule has 0 aliphatic rings. The van der Waals surface area contributed by atoms with Crippen LogP contribution >= 0.6 is 0 Å². The number of ether oxygens (including phenoxy) is 3. The first kappa shape index (κ1) is 17.8. The van der Waals surface area contributed by atoms with Crippen LogP contribution in [0.2, 0.25) is 0 Å². The summed E-state index contributed by atoms with van der Waals surface area (Å²) in [6, 6.07) is 7.11. The van der Waals surface area contributed by atoms with Crippen molar-refractivity contribution >= 4 is 22.7 Å². The third-order valence-corrected chi connectivity index (χ3v) is 3.67. The van der Waals surface area contributed by atoms with E-state index in [0.29, 0.717) is 22.4 Å². The molecule has 0 saturated carbocycles. The number of benzene rings is 2. The summed E-state index contributed by atoms with van der Waals surface area (Å²) in [6.45, 7) is 7.47. The van der Waals surface area contributed by atoms with Crippen LogP contribution in [0, 0.1) is 0 Å². The Morgan fingerprint density at radius 2 is 1.71 bits per heavy atom. The van der Waals surface area contributed by atoms with Crippen LogP contribution in [0.1, 0.15) is 49.5 Å². The summed E-state index contributed by atoms with van der Waals surface area (Å²) in [5, 5.41) is 1.42. The second-order valence-corrected chi connectivity index (χ2v) is 5.76. The molecule has 2 rings (SSSR count). The monoisotopic (exact) mass is 330 g/mol. The number of carbonyl (C=O) groups is 2. The van der Waals surface area contributed by atoms with E-state index in [9.17, 15) is 9.59 Å². The van der Waals surface area contributed by atoms with E-state index in [-0.39, 0.29) is 12.5 Å². The van der Waals surface area contributed by atoms with E-state index in [1.807, 2.05) is 12.1 Å². The van der Waals surface area contributed by atoms with Crippen molar-refractivity contribution in [2.45, 2.75) is 33.6 Å². The molecule has 0 heterocycles. The molecule has 2 aromatic carbocycles. The molecule has 24 heavy (non-hydrogen) atoms. The van der Waals surface area contributed by atoms with Crippen LogP contribution in [0.5, 0.6) is 11.5 Å². The smallest absolute Gasteiger partial charge is 0.338 e. The highest BCUT2D eigenvalue weighted by Gasteiger charge is 2.17. The molecule has 0 fully saturated rings. The first-order chi connectivity index (χ1) is 11.4. The van der Waals surface area contributed by atoms with Crippen LogP contribution in [-0.2, 0) is 9.53 Å². The second kappa shape index (κ2) is 7.34. The summed E-state index contributed by atoms with van der Waals surface area (Å²) >= 11 is 0. The fourth-order valence-corrected chi connectivity index (χ4v) is 2.49. The van der Waals surface area contributed by atoms with E-state index < -0.39 is 11.9 Å². The minimum atomic E-state index is -0.470. The summed E-state index contributed by atoms with van der Waals surface area (Å²) < 4.78 is 15.9. The first-order valence-corrected chi connectivity index (χ1v) is 7.88. The van der Waals surface area contributed by atoms with Gasteiger partial charge in [-0.05, 0) is 42.7 Å². The quantitative estimate of drug-likeness (QED) is 0.611. The van der Waals surface area contributed by atoms with Crippen LogP contribution in [0.4, 0.5) is 0 Å². The van der Waals surface area contributed by atoms with Crippen molar-refractivity contribution in [3.8, 4) is 11.5 Å². The summed E-state index contributed by atoms with van der Waals surface area (Å²) in [5.74, 6) is 0.298. The topological polar surface area (TPSA) is 61.8 Å². The molecule has 128 valence electrons. The zero-order valence-corrected chi connectivity index (χ0v) is 14.6. The third kappa shape index (κ3) is 3.67. The molecule has 0 aliphatic heterocycles. The van der Waals surface area contributed by atoms with Gasteiger partial charge in [0.15, 0.2) is 0 Å². The normalized spacial score (nSPS) is 10.8. The van der Waals surface area contributed by atoms with E-state index in [2.05, 4.69) is 13.8 Å². The first-order valence-electron chi connectivity index (χ1n) is 7.88. The van der Waals surface area contributed by atoms with Gasteiger partial charge >= 0.3 is 11.9 Å². The number of hydrogen-bond acceptors (Lipinski definition) is 5. The molecule has 0 unspecified atom stereocenters. The predicted octanol–water partition coefficient (Wildman–Crippen LogP) is 4.07. The Labute approximate surface area is 141 Å². The highest BCUT2D eigenvalue weighted by Crippen LogP contribution is 2.37. The largest absolute Gasteiger partial charge is 0.496 e. The lowest BCUT2D eigenvalue weighted by Crippen LogP contribution is -2.08. The van der Waals surface area contributed by atoms with Crippen molar-refractivity contribution in [2.24, 2.45) is 0 Å². The van der Waals surface area contributed by atoms with Crippen molar-refractivity contribution in [1.82, 2.24) is 0 Å². The summed E-state index contributed by atoms with van der Waals surface area (Å²) in [5.41, 5.74) is 1.37. The molecule has 5 heteroatoms. The van der Waals surface area contributed by atoms with Gasteiger partial charge < -0.3 is 14.2 Å². The van der Waals surface area contributed by atoms with Crippen LogP contribution in [0.25, 0.3) is 10.8 Å². The number of hydrogen-bond donors (Lipinski definition) is 0. The second-order valence-electron chi connectivity index (χ2n) is 5.76. The van der Waals surface area contributed by atoms with Crippen LogP contribution < -0.4 is 9.47 Å². The van der Waals surface area contributed by atoms with Crippen LogP contribution in [0.15, 0.2) is 24.3 Å². The van der Waals surface area contributed by atoms with Crippen molar-refractivity contribution < 1.29 is 23.8 Å².